The summed E-state index contributed by atoms with van der Waals surface area (Å²) in [6, 6.07) is 9.26. The molecule has 0 saturated heterocycles. The van der Waals surface area contributed by atoms with Crippen LogP contribution in [0.4, 0.5) is 4.39 Å². The van der Waals surface area contributed by atoms with E-state index in [-0.39, 0.29) is 24.9 Å². The second-order valence-electron chi connectivity index (χ2n) is 6.84. The molecule has 0 aliphatic carbocycles. The van der Waals surface area contributed by atoms with Crippen LogP contribution in [-0.2, 0) is 17.9 Å². The van der Waals surface area contributed by atoms with E-state index in [4.69, 9.17) is 9.47 Å². The number of ether oxygens (including phenoxy) is 2. The van der Waals surface area contributed by atoms with Gasteiger partial charge in [0.1, 0.15) is 18.5 Å². The third kappa shape index (κ3) is 5.94. The largest absolute Gasteiger partial charge is 0.493 e. The van der Waals surface area contributed by atoms with Crippen LogP contribution < -0.4 is 14.8 Å². The highest BCUT2D eigenvalue weighted by molar-refractivity contribution is 9.10. The summed E-state index contributed by atoms with van der Waals surface area (Å²) in [6.45, 7) is 4.24. The molecule has 152 valence electrons. The fourth-order valence-corrected chi connectivity index (χ4v) is 3.25. The molecule has 0 amide bonds. The Morgan fingerprint density at radius 3 is 2.57 bits per heavy atom. The molecule has 0 aliphatic rings. The van der Waals surface area contributed by atoms with Gasteiger partial charge in [0.25, 0.3) is 0 Å². The number of halogens is 2. The van der Waals surface area contributed by atoms with Crippen molar-refractivity contribution in [3.63, 3.8) is 0 Å². The van der Waals surface area contributed by atoms with Gasteiger partial charge in [0.2, 0.25) is 0 Å². The third-order valence-electron chi connectivity index (χ3n) is 4.25. The van der Waals surface area contributed by atoms with Crippen LogP contribution in [0.2, 0.25) is 0 Å². The zero-order valence-electron chi connectivity index (χ0n) is 16.2. The molecule has 2 aromatic carbocycles. The quantitative estimate of drug-likeness (QED) is 0.542. The molecule has 0 aromatic heterocycles. The molecule has 2 N–H and O–H groups in total. The van der Waals surface area contributed by atoms with Gasteiger partial charge in [0.05, 0.1) is 7.11 Å². The molecule has 0 heterocycles. The van der Waals surface area contributed by atoms with E-state index in [0.29, 0.717) is 29.0 Å². The zero-order valence-corrected chi connectivity index (χ0v) is 17.8. The maximum Gasteiger partial charge on any atom is 0.320 e. The summed E-state index contributed by atoms with van der Waals surface area (Å²) < 4.78 is 26.0. The highest BCUT2D eigenvalue weighted by Crippen LogP contribution is 2.37. The lowest BCUT2D eigenvalue weighted by molar-refractivity contribution is -0.140. The first-order valence-corrected chi connectivity index (χ1v) is 9.80. The average Bonchev–Trinajstić information content (AvgIpc) is 2.65. The van der Waals surface area contributed by atoms with Crippen molar-refractivity contribution in [1.82, 2.24) is 5.32 Å². The second kappa shape index (κ2) is 10.4. The van der Waals surface area contributed by atoms with E-state index in [9.17, 15) is 14.3 Å². The van der Waals surface area contributed by atoms with Crippen molar-refractivity contribution in [2.45, 2.75) is 39.5 Å². The molecule has 5 nitrogen and oxygen atoms in total. The van der Waals surface area contributed by atoms with Crippen LogP contribution >= 0.6 is 15.9 Å². The van der Waals surface area contributed by atoms with Crippen molar-refractivity contribution in [3.05, 3.63) is 57.8 Å². The van der Waals surface area contributed by atoms with Crippen molar-refractivity contribution in [1.29, 1.82) is 0 Å². The summed E-state index contributed by atoms with van der Waals surface area (Å²) in [6.07, 6.45) is 0.502. The Labute approximate surface area is 173 Å². The number of benzene rings is 2. The number of methoxy groups -OCH3 is 1. The minimum absolute atomic E-state index is 0.0286. The molecule has 28 heavy (non-hydrogen) atoms. The third-order valence-corrected chi connectivity index (χ3v) is 4.99. The monoisotopic (exact) mass is 453 g/mol. The van der Waals surface area contributed by atoms with Gasteiger partial charge in [0, 0.05) is 22.1 Å². The van der Waals surface area contributed by atoms with Crippen LogP contribution in [0.15, 0.2) is 40.9 Å². The maximum absolute atomic E-state index is 13.9. The summed E-state index contributed by atoms with van der Waals surface area (Å²) in [7, 11) is 1.52. The Hall–Kier alpha value is -2.12. The first kappa shape index (κ1) is 22.2. The van der Waals surface area contributed by atoms with Crippen molar-refractivity contribution in [2.75, 3.05) is 7.11 Å². The van der Waals surface area contributed by atoms with Crippen molar-refractivity contribution < 1.29 is 23.8 Å². The van der Waals surface area contributed by atoms with E-state index >= 15 is 0 Å². The zero-order chi connectivity index (χ0) is 20.7. The Balaban J connectivity index is 2.25. The van der Waals surface area contributed by atoms with E-state index < -0.39 is 12.0 Å². The van der Waals surface area contributed by atoms with Crippen LogP contribution in [0.5, 0.6) is 11.5 Å². The Morgan fingerprint density at radius 2 is 1.96 bits per heavy atom. The van der Waals surface area contributed by atoms with Gasteiger partial charge in [-0.1, -0.05) is 48.0 Å². The predicted octanol–water partition coefficient (Wildman–Crippen LogP) is 4.76. The van der Waals surface area contributed by atoms with Gasteiger partial charge in [-0.2, -0.15) is 0 Å². The van der Waals surface area contributed by atoms with Crippen LogP contribution in [-0.4, -0.2) is 24.2 Å². The Kier molecular flexibility index (Phi) is 8.26. The minimum Gasteiger partial charge on any atom is -0.493 e. The number of aliphatic carboxylic acids is 1. The molecule has 0 fully saturated rings. The highest BCUT2D eigenvalue weighted by Gasteiger charge is 2.21. The minimum atomic E-state index is -0.901. The normalized spacial score (nSPS) is 12.1. The van der Waals surface area contributed by atoms with Gasteiger partial charge in [-0.05, 0) is 30.5 Å². The van der Waals surface area contributed by atoms with E-state index in [1.54, 1.807) is 24.3 Å². The SMILES string of the molecule is COc1ccc(Br)c(CNC(CC(C)C)C(=O)O)c1OCc1ccccc1F. The summed E-state index contributed by atoms with van der Waals surface area (Å²) >= 11 is 3.49. The summed E-state index contributed by atoms with van der Waals surface area (Å²) in [4.78, 5) is 11.5. The van der Waals surface area contributed by atoms with Crippen molar-refractivity contribution >= 4 is 21.9 Å². The number of rotatable bonds is 10. The summed E-state index contributed by atoms with van der Waals surface area (Å²) in [5, 5.41) is 12.5. The van der Waals surface area contributed by atoms with E-state index in [2.05, 4.69) is 21.2 Å². The van der Waals surface area contributed by atoms with Gasteiger partial charge in [0.15, 0.2) is 11.5 Å². The van der Waals surface area contributed by atoms with Crippen molar-refractivity contribution in [2.24, 2.45) is 5.92 Å². The fourth-order valence-electron chi connectivity index (χ4n) is 2.80. The lowest BCUT2D eigenvalue weighted by Crippen LogP contribution is -2.37. The van der Waals surface area contributed by atoms with E-state index in [1.165, 1.54) is 13.2 Å². The van der Waals surface area contributed by atoms with Gasteiger partial charge >= 0.3 is 5.97 Å². The van der Waals surface area contributed by atoms with Gasteiger partial charge in [-0.25, -0.2) is 4.39 Å². The predicted molar refractivity (Wildman–Crippen MR) is 109 cm³/mol. The number of carboxylic acid groups (broad SMARTS) is 1. The smallest absolute Gasteiger partial charge is 0.320 e. The van der Waals surface area contributed by atoms with Gasteiger partial charge in [-0.3, -0.25) is 4.79 Å². The molecular weight excluding hydrogens is 429 g/mol. The highest BCUT2D eigenvalue weighted by atomic mass is 79.9. The Morgan fingerprint density at radius 1 is 1.25 bits per heavy atom. The summed E-state index contributed by atoms with van der Waals surface area (Å²) in [5.41, 5.74) is 1.14. The van der Waals surface area contributed by atoms with Crippen LogP contribution in [0.1, 0.15) is 31.4 Å². The van der Waals surface area contributed by atoms with Gasteiger partial charge < -0.3 is 19.9 Å². The molecule has 0 saturated carbocycles. The Bertz CT molecular complexity index is 813. The number of hydrogen-bond acceptors (Lipinski definition) is 4. The maximum atomic E-state index is 13.9. The molecule has 0 spiro atoms. The number of carbonyl (C=O) groups is 1. The molecule has 7 heteroatoms. The second-order valence-corrected chi connectivity index (χ2v) is 7.69. The van der Waals surface area contributed by atoms with Crippen LogP contribution in [0.25, 0.3) is 0 Å². The molecule has 2 rings (SSSR count). The molecular formula is C21H25BrFNO4. The lowest BCUT2D eigenvalue weighted by Gasteiger charge is -2.20. The molecule has 2 aromatic rings. The molecule has 0 aliphatic heterocycles. The number of hydrogen-bond donors (Lipinski definition) is 2. The number of carboxylic acids is 1. The first-order valence-electron chi connectivity index (χ1n) is 9.01. The van der Waals surface area contributed by atoms with Crippen LogP contribution in [0, 0.1) is 11.7 Å². The van der Waals surface area contributed by atoms with Gasteiger partial charge in [-0.15, -0.1) is 0 Å². The summed E-state index contributed by atoms with van der Waals surface area (Å²) in [5.74, 6) is -0.0759. The molecule has 0 radical (unpaired) electrons. The van der Waals surface area contributed by atoms with E-state index in [0.717, 1.165) is 4.47 Å². The molecule has 1 unspecified atom stereocenters. The average molecular weight is 454 g/mol. The molecule has 1 atom stereocenters. The van der Waals surface area contributed by atoms with Crippen molar-refractivity contribution in [3.8, 4) is 11.5 Å². The fraction of sp³-hybridized carbons (Fsp3) is 0.381. The molecule has 0 bridgehead atoms. The number of nitrogens with one attached hydrogen (secondary N) is 1. The lowest BCUT2D eigenvalue weighted by atomic mass is 10.0. The standard InChI is InChI=1S/C21H25BrFNO4/c1-13(2)10-18(21(25)26)24-11-15-16(22)8-9-19(27-3)20(15)28-12-14-6-4-5-7-17(14)23/h4-9,13,18,24H,10-12H2,1-3H3,(H,25,26). The van der Waals surface area contributed by atoms with E-state index in [1.807, 2.05) is 19.9 Å². The topological polar surface area (TPSA) is 67.8 Å². The van der Waals surface area contributed by atoms with Crippen LogP contribution in [0.3, 0.4) is 0 Å². The first-order chi connectivity index (χ1) is 13.3.